The van der Waals surface area contributed by atoms with Gasteiger partial charge in [0.05, 0.1) is 21.8 Å². The number of hydrogen-bond acceptors (Lipinski definition) is 4. The Morgan fingerprint density at radius 2 is 2.00 bits per heavy atom. The Bertz CT molecular complexity index is 1060. The Morgan fingerprint density at radius 3 is 2.74 bits per heavy atom. The molecule has 7 heteroatoms. The van der Waals surface area contributed by atoms with Crippen molar-refractivity contribution in [1.29, 1.82) is 0 Å². The highest BCUT2D eigenvalue weighted by molar-refractivity contribution is 8.00. The summed E-state index contributed by atoms with van der Waals surface area (Å²) in [5, 5.41) is 2.81. The van der Waals surface area contributed by atoms with Gasteiger partial charge in [0, 0.05) is 6.54 Å². The topological polar surface area (TPSA) is 64.0 Å². The van der Waals surface area contributed by atoms with Crippen LogP contribution in [0.4, 0.5) is 4.39 Å². The number of aromatic nitrogens is 2. The van der Waals surface area contributed by atoms with Gasteiger partial charge < -0.3 is 5.32 Å². The Labute approximate surface area is 159 Å². The molecule has 2 aromatic carbocycles. The van der Waals surface area contributed by atoms with Crippen molar-refractivity contribution in [2.24, 2.45) is 0 Å². The molecule has 0 fully saturated rings. The largest absolute Gasteiger partial charge is 0.352 e. The first-order valence-electron chi connectivity index (χ1n) is 8.35. The van der Waals surface area contributed by atoms with Gasteiger partial charge in [0.1, 0.15) is 5.82 Å². The van der Waals surface area contributed by atoms with E-state index in [0.29, 0.717) is 17.4 Å². The number of benzene rings is 2. The molecule has 0 aliphatic heterocycles. The van der Waals surface area contributed by atoms with Crippen molar-refractivity contribution >= 4 is 28.6 Å². The molecular weight excluding hydrogens is 365 g/mol. The SMILES string of the molecule is C=CCNC(=O)C(C)Sc1nc2ccccc2c(=O)n1-c1ccccc1F. The molecule has 0 aliphatic rings. The van der Waals surface area contributed by atoms with E-state index in [2.05, 4.69) is 16.9 Å². The number of rotatable bonds is 6. The predicted molar refractivity (Wildman–Crippen MR) is 106 cm³/mol. The van der Waals surface area contributed by atoms with Crippen LogP contribution in [0.2, 0.25) is 0 Å². The Kier molecular flexibility index (Phi) is 5.71. The van der Waals surface area contributed by atoms with Gasteiger partial charge in [-0.25, -0.2) is 9.37 Å². The molecule has 138 valence electrons. The van der Waals surface area contributed by atoms with E-state index in [1.165, 1.54) is 16.7 Å². The van der Waals surface area contributed by atoms with Crippen molar-refractivity contribution < 1.29 is 9.18 Å². The summed E-state index contributed by atoms with van der Waals surface area (Å²) >= 11 is 1.10. The highest BCUT2D eigenvalue weighted by Gasteiger charge is 2.21. The lowest BCUT2D eigenvalue weighted by Gasteiger charge is -2.16. The zero-order chi connectivity index (χ0) is 19.4. The van der Waals surface area contributed by atoms with Gasteiger partial charge in [-0.3, -0.25) is 14.2 Å². The Balaban J connectivity index is 2.14. The van der Waals surface area contributed by atoms with Gasteiger partial charge in [-0.15, -0.1) is 6.58 Å². The molecule has 1 N–H and O–H groups in total. The van der Waals surface area contributed by atoms with Crippen molar-refractivity contribution in [3.63, 3.8) is 0 Å². The van der Waals surface area contributed by atoms with Gasteiger partial charge in [-0.2, -0.15) is 0 Å². The molecule has 1 heterocycles. The predicted octanol–water partition coefficient (Wildman–Crippen LogP) is 3.31. The molecule has 1 atom stereocenters. The molecule has 0 bridgehead atoms. The number of carbonyl (C=O) groups is 1. The lowest BCUT2D eigenvalue weighted by atomic mass is 10.2. The summed E-state index contributed by atoms with van der Waals surface area (Å²) in [5.41, 5.74) is 0.213. The zero-order valence-electron chi connectivity index (χ0n) is 14.7. The minimum Gasteiger partial charge on any atom is -0.352 e. The van der Waals surface area contributed by atoms with E-state index in [1.54, 1.807) is 49.4 Å². The van der Waals surface area contributed by atoms with Gasteiger partial charge >= 0.3 is 0 Å². The fraction of sp³-hybridized carbons (Fsp3) is 0.150. The van der Waals surface area contributed by atoms with Crippen LogP contribution in [0.1, 0.15) is 6.92 Å². The molecule has 3 aromatic rings. The number of amides is 1. The number of hydrogen-bond donors (Lipinski definition) is 1. The van der Waals surface area contributed by atoms with Crippen LogP contribution < -0.4 is 10.9 Å². The highest BCUT2D eigenvalue weighted by atomic mass is 32.2. The van der Waals surface area contributed by atoms with E-state index in [-0.39, 0.29) is 22.3 Å². The molecule has 0 saturated carbocycles. The van der Waals surface area contributed by atoms with Crippen LogP contribution in [-0.4, -0.2) is 27.3 Å². The van der Waals surface area contributed by atoms with Crippen molar-refractivity contribution in [2.45, 2.75) is 17.3 Å². The number of halogens is 1. The number of para-hydroxylation sites is 2. The molecule has 5 nitrogen and oxygen atoms in total. The average Bonchev–Trinajstić information content (AvgIpc) is 2.67. The fourth-order valence-electron chi connectivity index (χ4n) is 2.57. The second-order valence-corrected chi connectivity index (χ2v) is 7.11. The maximum Gasteiger partial charge on any atom is 0.266 e. The summed E-state index contributed by atoms with van der Waals surface area (Å²) in [5.74, 6) is -0.760. The lowest BCUT2D eigenvalue weighted by Crippen LogP contribution is -2.32. The molecule has 0 spiro atoms. The first-order chi connectivity index (χ1) is 13.0. The number of fused-ring (bicyclic) bond motifs is 1. The molecule has 0 radical (unpaired) electrons. The number of nitrogens with one attached hydrogen (secondary N) is 1. The van der Waals surface area contributed by atoms with Gasteiger partial charge in [0.25, 0.3) is 5.56 Å². The van der Waals surface area contributed by atoms with Crippen LogP contribution in [0.5, 0.6) is 0 Å². The van der Waals surface area contributed by atoms with Crippen LogP contribution in [0.15, 0.2) is 71.1 Å². The quantitative estimate of drug-likeness (QED) is 0.403. The number of carbonyl (C=O) groups excluding carboxylic acids is 1. The summed E-state index contributed by atoms with van der Waals surface area (Å²) in [6.45, 7) is 5.61. The molecule has 0 aliphatic carbocycles. The van der Waals surface area contributed by atoms with Crippen LogP contribution in [0.25, 0.3) is 16.6 Å². The van der Waals surface area contributed by atoms with Crippen LogP contribution in [0.3, 0.4) is 0 Å². The normalized spacial score (nSPS) is 11.9. The summed E-state index contributed by atoms with van der Waals surface area (Å²) < 4.78 is 15.6. The second-order valence-electron chi connectivity index (χ2n) is 5.80. The summed E-state index contributed by atoms with van der Waals surface area (Å²) in [6.07, 6.45) is 1.58. The Hall–Kier alpha value is -2.93. The van der Waals surface area contributed by atoms with Gasteiger partial charge in [0.15, 0.2) is 5.16 Å². The summed E-state index contributed by atoms with van der Waals surface area (Å²) in [4.78, 5) is 29.8. The minimum absolute atomic E-state index is 0.0990. The summed E-state index contributed by atoms with van der Waals surface area (Å²) in [6, 6.07) is 12.9. The first-order valence-corrected chi connectivity index (χ1v) is 9.23. The van der Waals surface area contributed by atoms with E-state index in [0.717, 1.165) is 11.8 Å². The van der Waals surface area contributed by atoms with E-state index in [4.69, 9.17) is 0 Å². The third kappa shape index (κ3) is 3.93. The van der Waals surface area contributed by atoms with E-state index < -0.39 is 11.1 Å². The van der Waals surface area contributed by atoms with E-state index >= 15 is 0 Å². The monoisotopic (exact) mass is 383 g/mol. The van der Waals surface area contributed by atoms with Crippen LogP contribution in [0, 0.1) is 5.82 Å². The maximum atomic E-state index is 14.4. The van der Waals surface area contributed by atoms with Crippen molar-refractivity contribution in [3.05, 3.63) is 77.4 Å². The summed E-state index contributed by atoms with van der Waals surface area (Å²) in [7, 11) is 0. The van der Waals surface area contributed by atoms with Gasteiger partial charge in [-0.1, -0.05) is 42.1 Å². The molecule has 0 saturated heterocycles. The third-order valence-corrected chi connectivity index (χ3v) is 4.96. The lowest BCUT2D eigenvalue weighted by molar-refractivity contribution is -0.120. The smallest absolute Gasteiger partial charge is 0.266 e. The van der Waals surface area contributed by atoms with Crippen molar-refractivity contribution in [3.8, 4) is 5.69 Å². The fourth-order valence-corrected chi connectivity index (χ4v) is 3.51. The highest BCUT2D eigenvalue weighted by Crippen LogP contribution is 2.26. The number of nitrogens with zero attached hydrogens (tertiary/aromatic N) is 2. The van der Waals surface area contributed by atoms with Crippen LogP contribution in [-0.2, 0) is 4.79 Å². The molecule has 1 amide bonds. The molecule has 3 rings (SSSR count). The minimum atomic E-state index is -0.540. The third-order valence-electron chi connectivity index (χ3n) is 3.91. The van der Waals surface area contributed by atoms with Crippen LogP contribution >= 0.6 is 11.8 Å². The van der Waals surface area contributed by atoms with Gasteiger partial charge in [0.2, 0.25) is 5.91 Å². The maximum absolute atomic E-state index is 14.4. The average molecular weight is 383 g/mol. The zero-order valence-corrected chi connectivity index (χ0v) is 15.5. The van der Waals surface area contributed by atoms with E-state index in [1.807, 2.05) is 0 Å². The van der Waals surface area contributed by atoms with Gasteiger partial charge in [-0.05, 0) is 31.2 Å². The van der Waals surface area contributed by atoms with Crippen molar-refractivity contribution in [2.75, 3.05) is 6.54 Å². The molecule has 27 heavy (non-hydrogen) atoms. The molecular formula is C20H18FN3O2S. The van der Waals surface area contributed by atoms with Crippen molar-refractivity contribution in [1.82, 2.24) is 14.9 Å². The molecule has 1 aromatic heterocycles. The van der Waals surface area contributed by atoms with E-state index in [9.17, 15) is 14.0 Å². The standard InChI is InChI=1S/C20H18FN3O2S/c1-3-12-22-18(25)13(2)27-20-23-16-10-6-4-8-14(16)19(26)24(20)17-11-7-5-9-15(17)21/h3-11,13H,1,12H2,2H3,(H,22,25). The second kappa shape index (κ2) is 8.18. The Morgan fingerprint density at radius 1 is 1.30 bits per heavy atom. The first kappa shape index (κ1) is 18.8. The number of thioether (sulfide) groups is 1. The molecule has 1 unspecified atom stereocenters.